The second-order valence-corrected chi connectivity index (χ2v) is 9.67. The van der Waals surface area contributed by atoms with Gasteiger partial charge in [0, 0.05) is 32.2 Å². The molecule has 1 amide bonds. The van der Waals surface area contributed by atoms with Crippen molar-refractivity contribution < 1.29 is 22.7 Å². The van der Waals surface area contributed by atoms with Gasteiger partial charge in [0.1, 0.15) is 6.61 Å². The molecule has 0 bridgehead atoms. The number of carbonyl (C=O) groups excluding carboxylic acids is 1. The minimum absolute atomic E-state index is 0.0494. The van der Waals surface area contributed by atoms with Crippen LogP contribution in [0.3, 0.4) is 0 Å². The normalized spacial score (nSPS) is 23.9. The highest BCUT2D eigenvalue weighted by molar-refractivity contribution is 7.89. The van der Waals surface area contributed by atoms with Crippen molar-refractivity contribution in [2.45, 2.75) is 55.9 Å². The molecule has 3 aliphatic heterocycles. The number of benzene rings is 1. The van der Waals surface area contributed by atoms with Crippen molar-refractivity contribution in [2.75, 3.05) is 32.8 Å². The molecule has 7 nitrogen and oxygen atoms in total. The molecule has 2 fully saturated rings. The molecular formula is C20H28N2O5S. The molecule has 1 aromatic rings. The first kappa shape index (κ1) is 19.5. The molecule has 1 unspecified atom stereocenters. The van der Waals surface area contributed by atoms with Gasteiger partial charge in [-0.05, 0) is 44.2 Å². The van der Waals surface area contributed by atoms with E-state index in [0.29, 0.717) is 24.6 Å². The summed E-state index contributed by atoms with van der Waals surface area (Å²) < 4.78 is 39.1. The van der Waals surface area contributed by atoms with Crippen molar-refractivity contribution in [3.05, 3.63) is 18.2 Å². The molecule has 0 radical (unpaired) electrons. The Bertz CT molecular complexity index is 812. The Morgan fingerprint density at radius 2 is 1.54 bits per heavy atom. The number of ether oxygens (including phenoxy) is 2. The van der Waals surface area contributed by atoms with Crippen LogP contribution in [0.15, 0.2) is 23.1 Å². The quantitative estimate of drug-likeness (QED) is 0.768. The molecule has 0 saturated carbocycles. The number of rotatable bonds is 3. The van der Waals surface area contributed by atoms with Crippen LogP contribution >= 0.6 is 0 Å². The van der Waals surface area contributed by atoms with E-state index < -0.39 is 16.1 Å². The number of amides is 1. The first-order valence-corrected chi connectivity index (χ1v) is 11.7. The van der Waals surface area contributed by atoms with Crippen molar-refractivity contribution in [1.29, 1.82) is 0 Å². The fraction of sp³-hybridized carbons (Fsp3) is 0.650. The summed E-state index contributed by atoms with van der Waals surface area (Å²) in [5.41, 5.74) is 0. The summed E-state index contributed by atoms with van der Waals surface area (Å²) in [7, 11) is -3.54. The van der Waals surface area contributed by atoms with Gasteiger partial charge in [0.05, 0.1) is 4.90 Å². The van der Waals surface area contributed by atoms with E-state index >= 15 is 0 Å². The molecule has 4 rings (SSSR count). The second-order valence-electron chi connectivity index (χ2n) is 7.73. The third-order valence-electron chi connectivity index (χ3n) is 5.72. The van der Waals surface area contributed by atoms with E-state index in [1.165, 1.54) is 6.07 Å². The Labute approximate surface area is 166 Å². The Balaban J connectivity index is 1.48. The van der Waals surface area contributed by atoms with Crippen LogP contribution in [0.5, 0.6) is 11.5 Å². The van der Waals surface area contributed by atoms with Gasteiger partial charge in [0.25, 0.3) is 5.91 Å². The Morgan fingerprint density at radius 3 is 2.25 bits per heavy atom. The molecule has 28 heavy (non-hydrogen) atoms. The average Bonchev–Trinajstić information content (AvgIpc) is 3.03. The van der Waals surface area contributed by atoms with Crippen molar-refractivity contribution in [3.8, 4) is 11.5 Å². The van der Waals surface area contributed by atoms with E-state index in [1.54, 1.807) is 16.4 Å². The highest BCUT2D eigenvalue weighted by Crippen LogP contribution is 2.35. The Hall–Kier alpha value is -1.80. The maximum absolute atomic E-state index is 13.0. The first-order chi connectivity index (χ1) is 13.6. The lowest BCUT2D eigenvalue weighted by Gasteiger charge is -2.33. The number of hydrogen-bond acceptors (Lipinski definition) is 5. The highest BCUT2D eigenvalue weighted by Gasteiger charge is 2.33. The van der Waals surface area contributed by atoms with Gasteiger partial charge in [-0.15, -0.1) is 0 Å². The Morgan fingerprint density at radius 1 is 0.893 bits per heavy atom. The van der Waals surface area contributed by atoms with Gasteiger partial charge < -0.3 is 14.4 Å². The lowest BCUT2D eigenvalue weighted by molar-refractivity contribution is -0.142. The summed E-state index contributed by atoms with van der Waals surface area (Å²) in [6.07, 6.45) is 6.45. The number of fused-ring (bicyclic) bond motifs is 1. The standard InChI is InChI=1S/C20H28N2O5S/c23-20(21-10-4-3-5-11-21)19-15-26-18-14-16(8-9-17(18)27-19)28(24,25)22-12-6-1-2-7-13-22/h8-9,14,19H,1-7,10-13,15H2. The number of piperidine rings is 1. The summed E-state index contributed by atoms with van der Waals surface area (Å²) in [5, 5.41) is 0. The van der Waals surface area contributed by atoms with Gasteiger partial charge in [-0.2, -0.15) is 4.31 Å². The first-order valence-electron chi connectivity index (χ1n) is 10.3. The van der Waals surface area contributed by atoms with E-state index in [1.807, 2.05) is 4.90 Å². The molecule has 0 spiro atoms. The van der Waals surface area contributed by atoms with Crippen LogP contribution in [0, 0.1) is 0 Å². The van der Waals surface area contributed by atoms with E-state index in [0.717, 1.165) is 58.0 Å². The predicted octanol–water partition coefficient (Wildman–Crippen LogP) is 2.40. The molecule has 3 aliphatic rings. The van der Waals surface area contributed by atoms with Crippen LogP contribution in [0.4, 0.5) is 0 Å². The molecule has 0 aromatic heterocycles. The van der Waals surface area contributed by atoms with Crippen LogP contribution in [0.25, 0.3) is 0 Å². The molecule has 0 N–H and O–H groups in total. The van der Waals surface area contributed by atoms with Gasteiger partial charge in [0.2, 0.25) is 16.1 Å². The van der Waals surface area contributed by atoms with Crippen LogP contribution in [-0.2, 0) is 14.8 Å². The predicted molar refractivity (Wildman–Crippen MR) is 104 cm³/mol. The topological polar surface area (TPSA) is 76.2 Å². The van der Waals surface area contributed by atoms with Crippen LogP contribution < -0.4 is 9.47 Å². The molecule has 2 saturated heterocycles. The fourth-order valence-electron chi connectivity index (χ4n) is 4.08. The lowest BCUT2D eigenvalue weighted by Crippen LogP contribution is -2.48. The second kappa shape index (κ2) is 8.29. The molecule has 0 aliphatic carbocycles. The Kier molecular flexibility index (Phi) is 5.78. The summed E-state index contributed by atoms with van der Waals surface area (Å²) in [4.78, 5) is 14.7. The minimum atomic E-state index is -3.54. The zero-order valence-corrected chi connectivity index (χ0v) is 17.0. The molecule has 154 valence electrons. The number of hydrogen-bond donors (Lipinski definition) is 0. The maximum atomic E-state index is 13.0. The largest absolute Gasteiger partial charge is 0.485 e. The number of nitrogens with zero attached hydrogens (tertiary/aromatic N) is 2. The summed E-state index contributed by atoms with van der Waals surface area (Å²) >= 11 is 0. The summed E-state index contributed by atoms with van der Waals surface area (Å²) in [6, 6.07) is 4.68. The van der Waals surface area contributed by atoms with Crippen molar-refractivity contribution >= 4 is 15.9 Å². The third-order valence-corrected chi connectivity index (χ3v) is 7.62. The number of sulfonamides is 1. The van der Waals surface area contributed by atoms with Crippen molar-refractivity contribution in [3.63, 3.8) is 0 Å². The van der Waals surface area contributed by atoms with Crippen molar-refractivity contribution in [2.24, 2.45) is 0 Å². The third kappa shape index (κ3) is 3.98. The summed E-state index contributed by atoms with van der Waals surface area (Å²) in [5.74, 6) is 0.765. The SMILES string of the molecule is O=C(C1COc2cc(S(=O)(=O)N3CCCCCC3)ccc2O1)N1CCCCC1. The van der Waals surface area contributed by atoms with E-state index in [-0.39, 0.29) is 17.4 Å². The summed E-state index contributed by atoms with van der Waals surface area (Å²) in [6.45, 7) is 2.75. The molecular weight excluding hydrogens is 380 g/mol. The molecule has 8 heteroatoms. The van der Waals surface area contributed by atoms with E-state index in [2.05, 4.69) is 0 Å². The maximum Gasteiger partial charge on any atom is 0.267 e. The van der Waals surface area contributed by atoms with Crippen LogP contribution in [0.1, 0.15) is 44.9 Å². The van der Waals surface area contributed by atoms with Crippen LogP contribution in [-0.4, -0.2) is 62.4 Å². The van der Waals surface area contributed by atoms with E-state index in [9.17, 15) is 13.2 Å². The molecule has 3 heterocycles. The fourth-order valence-corrected chi connectivity index (χ4v) is 5.62. The zero-order chi connectivity index (χ0) is 19.6. The minimum Gasteiger partial charge on any atom is -0.485 e. The molecule has 1 atom stereocenters. The van der Waals surface area contributed by atoms with Gasteiger partial charge >= 0.3 is 0 Å². The van der Waals surface area contributed by atoms with E-state index in [4.69, 9.17) is 9.47 Å². The van der Waals surface area contributed by atoms with Gasteiger partial charge in [0.15, 0.2) is 11.5 Å². The monoisotopic (exact) mass is 408 g/mol. The highest BCUT2D eigenvalue weighted by atomic mass is 32.2. The zero-order valence-electron chi connectivity index (χ0n) is 16.1. The van der Waals surface area contributed by atoms with Crippen LogP contribution in [0.2, 0.25) is 0 Å². The smallest absolute Gasteiger partial charge is 0.267 e. The number of carbonyl (C=O) groups is 1. The van der Waals surface area contributed by atoms with Gasteiger partial charge in [-0.1, -0.05) is 12.8 Å². The molecule has 1 aromatic carbocycles. The van der Waals surface area contributed by atoms with Crippen molar-refractivity contribution in [1.82, 2.24) is 9.21 Å². The number of likely N-dealkylation sites (tertiary alicyclic amines) is 1. The lowest BCUT2D eigenvalue weighted by atomic mass is 10.1. The van der Waals surface area contributed by atoms with Gasteiger partial charge in [-0.25, -0.2) is 8.42 Å². The van der Waals surface area contributed by atoms with Gasteiger partial charge in [-0.3, -0.25) is 4.79 Å². The average molecular weight is 409 g/mol.